The summed E-state index contributed by atoms with van der Waals surface area (Å²) in [5.74, 6) is -0.615. The zero-order valence-corrected chi connectivity index (χ0v) is 12.9. The lowest BCUT2D eigenvalue weighted by Gasteiger charge is -2.35. The number of nitrogens with one attached hydrogen (secondary N) is 1. The van der Waals surface area contributed by atoms with Crippen LogP contribution in [0.25, 0.3) is 0 Å². The normalized spacial score (nSPS) is 25.6. The topological polar surface area (TPSA) is 12.0 Å². The summed E-state index contributed by atoms with van der Waals surface area (Å²) < 4.78 is 38.1. The highest BCUT2D eigenvalue weighted by atomic mass is 19.4. The highest BCUT2D eigenvalue weighted by Gasteiger charge is 2.42. The molecule has 0 heterocycles. The van der Waals surface area contributed by atoms with E-state index < -0.39 is 12.1 Å². The van der Waals surface area contributed by atoms with Crippen LogP contribution in [0.15, 0.2) is 0 Å². The molecule has 0 radical (unpaired) electrons. The molecule has 1 unspecified atom stereocenters. The smallest absolute Gasteiger partial charge is 0.314 e. The number of alkyl halides is 3. The first-order valence-electron chi connectivity index (χ1n) is 8.29. The Labute approximate surface area is 121 Å². The van der Waals surface area contributed by atoms with Crippen molar-refractivity contribution in [1.82, 2.24) is 5.32 Å². The SMILES string of the molecule is CCCCCCC(NCC)C1CCC(C(F)(F)F)CC1. The van der Waals surface area contributed by atoms with E-state index in [1.165, 1.54) is 25.7 Å². The van der Waals surface area contributed by atoms with E-state index in [4.69, 9.17) is 0 Å². The third-order valence-corrected chi connectivity index (χ3v) is 4.64. The molecule has 1 N–H and O–H groups in total. The molecule has 4 heteroatoms. The zero-order chi connectivity index (χ0) is 15.0. The van der Waals surface area contributed by atoms with Crippen LogP contribution < -0.4 is 5.32 Å². The van der Waals surface area contributed by atoms with E-state index in [0.29, 0.717) is 24.8 Å². The fraction of sp³-hybridized carbons (Fsp3) is 1.00. The predicted molar refractivity (Wildman–Crippen MR) is 77.7 cm³/mol. The van der Waals surface area contributed by atoms with Gasteiger partial charge in [-0.25, -0.2) is 0 Å². The van der Waals surface area contributed by atoms with Crippen molar-refractivity contribution in [3.05, 3.63) is 0 Å². The Kier molecular flexibility index (Phi) is 7.93. The van der Waals surface area contributed by atoms with Crippen LogP contribution in [-0.4, -0.2) is 18.8 Å². The lowest BCUT2D eigenvalue weighted by molar-refractivity contribution is -0.184. The van der Waals surface area contributed by atoms with Crippen LogP contribution in [0.3, 0.4) is 0 Å². The minimum atomic E-state index is -3.99. The molecule has 0 saturated heterocycles. The van der Waals surface area contributed by atoms with Gasteiger partial charge in [0, 0.05) is 6.04 Å². The summed E-state index contributed by atoms with van der Waals surface area (Å²) in [6, 6.07) is 0.422. The molecule has 0 spiro atoms. The Morgan fingerprint density at radius 2 is 1.65 bits per heavy atom. The Morgan fingerprint density at radius 1 is 1.00 bits per heavy atom. The molecule has 1 aliphatic rings. The fourth-order valence-corrected chi connectivity index (χ4v) is 3.41. The third kappa shape index (κ3) is 6.02. The molecule has 1 nitrogen and oxygen atoms in total. The van der Waals surface area contributed by atoms with Crippen molar-refractivity contribution in [2.45, 2.75) is 83.9 Å². The van der Waals surface area contributed by atoms with Gasteiger partial charge in [-0.2, -0.15) is 13.2 Å². The maximum atomic E-state index is 12.7. The quantitative estimate of drug-likeness (QED) is 0.598. The lowest BCUT2D eigenvalue weighted by Crippen LogP contribution is -2.39. The number of hydrogen-bond acceptors (Lipinski definition) is 1. The lowest BCUT2D eigenvalue weighted by atomic mass is 9.77. The molecular weight excluding hydrogens is 263 g/mol. The van der Waals surface area contributed by atoms with E-state index in [-0.39, 0.29) is 0 Å². The van der Waals surface area contributed by atoms with Gasteiger partial charge >= 0.3 is 6.18 Å². The maximum Gasteiger partial charge on any atom is 0.391 e. The van der Waals surface area contributed by atoms with E-state index in [1.807, 2.05) is 0 Å². The molecule has 1 rings (SSSR count). The Bertz CT molecular complexity index is 245. The van der Waals surface area contributed by atoms with E-state index in [1.54, 1.807) is 0 Å². The van der Waals surface area contributed by atoms with Gasteiger partial charge in [0.25, 0.3) is 0 Å². The van der Waals surface area contributed by atoms with E-state index in [9.17, 15) is 13.2 Å². The first-order valence-corrected chi connectivity index (χ1v) is 8.29. The molecule has 0 bridgehead atoms. The second kappa shape index (κ2) is 8.91. The summed E-state index contributed by atoms with van der Waals surface area (Å²) in [5, 5.41) is 3.50. The number of rotatable bonds is 8. The van der Waals surface area contributed by atoms with Crippen LogP contribution in [0.2, 0.25) is 0 Å². The summed E-state index contributed by atoms with van der Waals surface area (Å²) >= 11 is 0. The van der Waals surface area contributed by atoms with Crippen LogP contribution in [0.1, 0.15) is 71.6 Å². The summed E-state index contributed by atoms with van der Waals surface area (Å²) in [5.41, 5.74) is 0. The third-order valence-electron chi connectivity index (χ3n) is 4.64. The van der Waals surface area contributed by atoms with E-state index in [0.717, 1.165) is 25.8 Å². The zero-order valence-electron chi connectivity index (χ0n) is 12.9. The Balaban J connectivity index is 2.37. The van der Waals surface area contributed by atoms with Gasteiger partial charge < -0.3 is 5.32 Å². The van der Waals surface area contributed by atoms with Gasteiger partial charge in [-0.3, -0.25) is 0 Å². The van der Waals surface area contributed by atoms with Gasteiger partial charge in [-0.15, -0.1) is 0 Å². The minimum absolute atomic E-state index is 0.324. The van der Waals surface area contributed by atoms with Crippen LogP contribution in [-0.2, 0) is 0 Å². The first kappa shape index (κ1) is 17.8. The average Bonchev–Trinajstić information content (AvgIpc) is 2.41. The van der Waals surface area contributed by atoms with Crippen molar-refractivity contribution in [2.75, 3.05) is 6.54 Å². The molecule has 20 heavy (non-hydrogen) atoms. The van der Waals surface area contributed by atoms with Crippen molar-refractivity contribution < 1.29 is 13.2 Å². The van der Waals surface area contributed by atoms with Gasteiger partial charge in [0.2, 0.25) is 0 Å². The second-order valence-corrected chi connectivity index (χ2v) is 6.17. The largest absolute Gasteiger partial charge is 0.391 e. The van der Waals surface area contributed by atoms with E-state index in [2.05, 4.69) is 19.2 Å². The molecule has 1 saturated carbocycles. The van der Waals surface area contributed by atoms with Crippen molar-refractivity contribution in [3.63, 3.8) is 0 Å². The number of hydrogen-bond donors (Lipinski definition) is 1. The summed E-state index contributed by atoms with van der Waals surface area (Å²) in [6.07, 6.45) is 4.18. The first-order chi connectivity index (χ1) is 9.49. The predicted octanol–water partition coefficient (Wildman–Crippen LogP) is 5.30. The summed E-state index contributed by atoms with van der Waals surface area (Å²) in [6.45, 7) is 5.19. The Morgan fingerprint density at radius 3 is 2.15 bits per heavy atom. The minimum Gasteiger partial charge on any atom is -0.314 e. The molecule has 0 aliphatic heterocycles. The van der Waals surface area contributed by atoms with Gasteiger partial charge in [0.1, 0.15) is 0 Å². The average molecular weight is 293 g/mol. The van der Waals surface area contributed by atoms with Gasteiger partial charge in [0.15, 0.2) is 0 Å². The van der Waals surface area contributed by atoms with Crippen molar-refractivity contribution >= 4 is 0 Å². The number of halogens is 3. The molecule has 0 amide bonds. The molecule has 0 aromatic heterocycles. The molecule has 1 atom stereocenters. The van der Waals surface area contributed by atoms with Crippen molar-refractivity contribution in [3.8, 4) is 0 Å². The summed E-state index contributed by atoms with van der Waals surface area (Å²) in [4.78, 5) is 0. The number of unbranched alkanes of at least 4 members (excludes halogenated alkanes) is 3. The van der Waals surface area contributed by atoms with Gasteiger partial charge in [0.05, 0.1) is 5.92 Å². The molecular formula is C16H30F3N. The van der Waals surface area contributed by atoms with Crippen LogP contribution in [0.4, 0.5) is 13.2 Å². The van der Waals surface area contributed by atoms with Crippen molar-refractivity contribution in [1.29, 1.82) is 0 Å². The monoisotopic (exact) mass is 293 g/mol. The van der Waals surface area contributed by atoms with Crippen LogP contribution in [0, 0.1) is 11.8 Å². The highest BCUT2D eigenvalue weighted by Crippen LogP contribution is 2.40. The molecule has 0 aromatic carbocycles. The molecule has 120 valence electrons. The standard InChI is InChI=1S/C16H30F3N/c1-3-5-6-7-8-15(20-4-2)13-9-11-14(12-10-13)16(17,18)19/h13-15,20H,3-12H2,1-2H3. The van der Waals surface area contributed by atoms with E-state index >= 15 is 0 Å². The van der Waals surface area contributed by atoms with Crippen LogP contribution in [0.5, 0.6) is 0 Å². The molecule has 1 fully saturated rings. The Hall–Kier alpha value is -0.250. The van der Waals surface area contributed by atoms with Crippen LogP contribution >= 0.6 is 0 Å². The van der Waals surface area contributed by atoms with Crippen molar-refractivity contribution in [2.24, 2.45) is 11.8 Å². The second-order valence-electron chi connectivity index (χ2n) is 6.17. The highest BCUT2D eigenvalue weighted by molar-refractivity contribution is 4.84. The fourth-order valence-electron chi connectivity index (χ4n) is 3.41. The van der Waals surface area contributed by atoms with Gasteiger partial charge in [-0.05, 0) is 44.6 Å². The molecule has 0 aromatic rings. The summed E-state index contributed by atoms with van der Waals surface area (Å²) in [7, 11) is 0. The molecule has 1 aliphatic carbocycles. The maximum absolute atomic E-state index is 12.7. The van der Waals surface area contributed by atoms with Gasteiger partial charge in [-0.1, -0.05) is 39.5 Å².